The highest BCUT2D eigenvalue weighted by Crippen LogP contribution is 2.38. The van der Waals surface area contributed by atoms with Gasteiger partial charge in [0, 0.05) is 5.69 Å². The number of ether oxygens (including phenoxy) is 2. The number of sulfone groups is 1. The van der Waals surface area contributed by atoms with E-state index in [2.05, 4.69) is 21.4 Å². The summed E-state index contributed by atoms with van der Waals surface area (Å²) >= 11 is 0. The standard InChI is InChI=1S/C16H16F5NO6S/c1-3-12(23)22-10-5-7-11(8-6-10)28-13(24)9-27-14(15(17,18)19)16(20,21)29(25,26)4-2/h3,5-8,14H,1,4,9H2,2H3,(H,22,23). The molecule has 0 fully saturated rings. The van der Waals surface area contributed by atoms with E-state index < -0.39 is 51.6 Å². The summed E-state index contributed by atoms with van der Waals surface area (Å²) in [6, 6.07) is 4.89. The van der Waals surface area contributed by atoms with Crippen LogP contribution in [-0.2, 0) is 24.2 Å². The molecule has 0 bridgehead atoms. The van der Waals surface area contributed by atoms with Crippen LogP contribution >= 0.6 is 0 Å². The first-order chi connectivity index (χ1) is 13.2. The molecule has 1 amide bonds. The van der Waals surface area contributed by atoms with Crippen LogP contribution in [0.3, 0.4) is 0 Å². The van der Waals surface area contributed by atoms with E-state index in [0.29, 0.717) is 0 Å². The first-order valence-electron chi connectivity index (χ1n) is 7.77. The van der Waals surface area contributed by atoms with Gasteiger partial charge in [0.25, 0.3) is 0 Å². The van der Waals surface area contributed by atoms with Crippen LogP contribution in [0.1, 0.15) is 6.92 Å². The number of hydrogen-bond donors (Lipinski definition) is 1. The van der Waals surface area contributed by atoms with Gasteiger partial charge in [0.1, 0.15) is 12.4 Å². The van der Waals surface area contributed by atoms with Crippen LogP contribution in [0.5, 0.6) is 5.75 Å². The predicted octanol–water partition coefficient (Wildman–Crippen LogP) is 2.69. The fourth-order valence-electron chi connectivity index (χ4n) is 1.85. The van der Waals surface area contributed by atoms with Crippen LogP contribution in [-0.4, -0.2) is 50.2 Å². The Kier molecular flexibility index (Phi) is 7.86. The lowest BCUT2D eigenvalue weighted by molar-refractivity contribution is -0.262. The molecule has 1 aromatic carbocycles. The highest BCUT2D eigenvalue weighted by atomic mass is 32.2. The van der Waals surface area contributed by atoms with Gasteiger partial charge < -0.3 is 14.8 Å². The number of rotatable bonds is 9. The highest BCUT2D eigenvalue weighted by Gasteiger charge is 2.63. The van der Waals surface area contributed by atoms with Crippen LogP contribution < -0.4 is 10.1 Å². The Bertz CT molecular complexity index is 852. The monoisotopic (exact) mass is 445 g/mol. The molecule has 1 N–H and O–H groups in total. The van der Waals surface area contributed by atoms with Gasteiger partial charge in [0.2, 0.25) is 21.8 Å². The van der Waals surface area contributed by atoms with Gasteiger partial charge in [-0.25, -0.2) is 13.2 Å². The summed E-state index contributed by atoms with van der Waals surface area (Å²) < 4.78 is 97.3. The van der Waals surface area contributed by atoms with Crippen LogP contribution in [0.25, 0.3) is 0 Å². The Morgan fingerprint density at radius 1 is 1.17 bits per heavy atom. The van der Waals surface area contributed by atoms with Crippen molar-refractivity contribution in [3.05, 3.63) is 36.9 Å². The second-order valence-electron chi connectivity index (χ2n) is 5.39. The lowest BCUT2D eigenvalue weighted by Crippen LogP contribution is -2.52. The quantitative estimate of drug-likeness (QED) is 0.272. The average molecular weight is 445 g/mol. The molecule has 0 spiro atoms. The minimum atomic E-state index is -5.77. The van der Waals surface area contributed by atoms with Gasteiger partial charge in [-0.15, -0.1) is 0 Å². The third-order valence-electron chi connectivity index (χ3n) is 3.30. The molecule has 1 unspecified atom stereocenters. The molecule has 0 aliphatic rings. The third-order valence-corrected chi connectivity index (χ3v) is 5.11. The van der Waals surface area contributed by atoms with Gasteiger partial charge in [-0.1, -0.05) is 13.5 Å². The van der Waals surface area contributed by atoms with Crippen LogP contribution in [0, 0.1) is 0 Å². The molecule has 13 heteroatoms. The van der Waals surface area contributed by atoms with E-state index in [0.717, 1.165) is 25.1 Å². The molecule has 0 saturated carbocycles. The maximum Gasteiger partial charge on any atom is 0.421 e. The molecular formula is C16H16F5NO6S. The second-order valence-corrected chi connectivity index (χ2v) is 7.74. The van der Waals surface area contributed by atoms with E-state index in [1.165, 1.54) is 12.1 Å². The number of benzene rings is 1. The van der Waals surface area contributed by atoms with Gasteiger partial charge in [-0.05, 0) is 30.3 Å². The first kappa shape index (κ1) is 24.5. The van der Waals surface area contributed by atoms with Gasteiger partial charge in [0.15, 0.2) is 0 Å². The largest absolute Gasteiger partial charge is 0.425 e. The zero-order valence-electron chi connectivity index (χ0n) is 14.8. The summed E-state index contributed by atoms with van der Waals surface area (Å²) in [6.45, 7) is 2.39. The Labute approximate surface area is 162 Å². The van der Waals surface area contributed by atoms with Crippen molar-refractivity contribution < 1.29 is 49.4 Å². The van der Waals surface area contributed by atoms with Crippen molar-refractivity contribution >= 4 is 27.4 Å². The smallest absolute Gasteiger partial charge is 0.421 e. The summed E-state index contributed by atoms with van der Waals surface area (Å²) in [7, 11) is -5.48. The predicted molar refractivity (Wildman–Crippen MR) is 91.1 cm³/mol. The zero-order chi connectivity index (χ0) is 22.5. The molecule has 1 aromatic rings. The van der Waals surface area contributed by atoms with E-state index in [4.69, 9.17) is 0 Å². The molecule has 0 aromatic heterocycles. The molecule has 162 valence electrons. The van der Waals surface area contributed by atoms with Crippen molar-refractivity contribution in [1.82, 2.24) is 0 Å². The Morgan fingerprint density at radius 3 is 2.17 bits per heavy atom. The lowest BCUT2D eigenvalue weighted by atomic mass is 10.3. The molecular weight excluding hydrogens is 429 g/mol. The molecule has 0 radical (unpaired) electrons. The number of alkyl halides is 5. The molecule has 7 nitrogen and oxygen atoms in total. The summed E-state index contributed by atoms with van der Waals surface area (Å²) in [5.74, 6) is -3.46. The van der Waals surface area contributed by atoms with Crippen molar-refractivity contribution in [2.75, 3.05) is 17.7 Å². The Morgan fingerprint density at radius 2 is 1.72 bits per heavy atom. The van der Waals surface area contributed by atoms with E-state index in [9.17, 15) is 40.0 Å². The number of anilines is 1. The topological polar surface area (TPSA) is 98.8 Å². The Balaban J connectivity index is 2.82. The molecule has 0 heterocycles. The SMILES string of the molecule is C=CC(=O)Nc1ccc(OC(=O)COC(C(F)(F)F)C(F)(F)S(=O)(=O)CC)cc1. The number of halogens is 5. The fourth-order valence-corrected chi connectivity index (χ4v) is 2.76. The normalized spacial score (nSPS) is 13.4. The average Bonchev–Trinajstić information content (AvgIpc) is 2.61. The molecule has 0 aliphatic heterocycles. The van der Waals surface area contributed by atoms with E-state index >= 15 is 0 Å². The summed E-state index contributed by atoms with van der Waals surface area (Å²) in [5.41, 5.74) is 0.285. The molecule has 1 atom stereocenters. The molecule has 0 aliphatic carbocycles. The molecule has 0 saturated heterocycles. The van der Waals surface area contributed by atoms with Crippen LogP contribution in [0.4, 0.5) is 27.6 Å². The van der Waals surface area contributed by atoms with Crippen molar-refractivity contribution in [3.8, 4) is 5.75 Å². The fraction of sp³-hybridized carbons (Fsp3) is 0.375. The van der Waals surface area contributed by atoms with E-state index in [1.807, 2.05) is 0 Å². The number of amides is 1. The number of carbonyl (C=O) groups excluding carboxylic acids is 2. The lowest BCUT2D eigenvalue weighted by Gasteiger charge is -2.27. The van der Waals surface area contributed by atoms with Crippen LogP contribution in [0.15, 0.2) is 36.9 Å². The van der Waals surface area contributed by atoms with E-state index in [1.54, 1.807) is 0 Å². The maximum atomic E-state index is 13.8. The Hall–Kier alpha value is -2.54. The van der Waals surface area contributed by atoms with Crippen molar-refractivity contribution in [1.29, 1.82) is 0 Å². The minimum Gasteiger partial charge on any atom is -0.425 e. The third kappa shape index (κ3) is 6.49. The first-order valence-corrected chi connectivity index (χ1v) is 9.42. The van der Waals surface area contributed by atoms with Crippen molar-refractivity contribution in [2.24, 2.45) is 0 Å². The minimum absolute atomic E-state index is 0.188. The van der Waals surface area contributed by atoms with Gasteiger partial charge >= 0.3 is 17.4 Å². The number of nitrogens with one attached hydrogen (secondary N) is 1. The van der Waals surface area contributed by atoms with Crippen molar-refractivity contribution in [2.45, 2.75) is 24.5 Å². The summed E-state index contributed by atoms with van der Waals surface area (Å²) in [6.07, 6.45) is -8.82. The summed E-state index contributed by atoms with van der Waals surface area (Å²) in [4.78, 5) is 22.7. The van der Waals surface area contributed by atoms with Gasteiger partial charge in [-0.2, -0.15) is 22.0 Å². The number of esters is 1. The molecule has 29 heavy (non-hydrogen) atoms. The van der Waals surface area contributed by atoms with Gasteiger partial charge in [-0.3, -0.25) is 4.79 Å². The van der Waals surface area contributed by atoms with Crippen molar-refractivity contribution in [3.63, 3.8) is 0 Å². The number of carbonyl (C=O) groups is 2. The maximum absolute atomic E-state index is 13.8. The summed E-state index contributed by atoms with van der Waals surface area (Å²) in [5, 5.41) is -2.92. The molecule has 1 rings (SSSR count). The number of hydrogen-bond acceptors (Lipinski definition) is 6. The van der Waals surface area contributed by atoms with E-state index in [-0.39, 0.29) is 11.4 Å². The van der Waals surface area contributed by atoms with Crippen LogP contribution in [0.2, 0.25) is 0 Å². The second kappa shape index (κ2) is 9.31. The van der Waals surface area contributed by atoms with Gasteiger partial charge in [0.05, 0.1) is 5.75 Å². The highest BCUT2D eigenvalue weighted by molar-refractivity contribution is 7.92. The zero-order valence-corrected chi connectivity index (χ0v) is 15.6.